The van der Waals surface area contributed by atoms with E-state index in [1.54, 1.807) is 0 Å². The number of ketones is 1. The van der Waals surface area contributed by atoms with Crippen LogP contribution in [0.3, 0.4) is 0 Å². The quantitative estimate of drug-likeness (QED) is 0.323. The van der Waals surface area contributed by atoms with E-state index >= 15 is 0 Å². The molecule has 2 heterocycles. The maximum atomic E-state index is 12.9. The molecule has 0 spiro atoms. The lowest BCUT2D eigenvalue weighted by molar-refractivity contribution is -0.697. The number of alkyl halides is 1. The average Bonchev–Trinajstić information content (AvgIpc) is 3.18. The van der Waals surface area contributed by atoms with Gasteiger partial charge in [0.05, 0.1) is 0 Å². The van der Waals surface area contributed by atoms with Crippen molar-refractivity contribution in [3.8, 4) is 11.4 Å². The summed E-state index contributed by atoms with van der Waals surface area (Å²) in [6.07, 6.45) is 5.63. The van der Waals surface area contributed by atoms with E-state index in [9.17, 15) is 9.18 Å². The van der Waals surface area contributed by atoms with Crippen LogP contribution in [0.4, 0.5) is 4.39 Å². The van der Waals surface area contributed by atoms with Crippen LogP contribution in [0.5, 0.6) is 0 Å². The van der Waals surface area contributed by atoms with Gasteiger partial charge < -0.3 is 4.52 Å². The van der Waals surface area contributed by atoms with Crippen molar-refractivity contribution >= 4 is 17.4 Å². The minimum absolute atomic E-state index is 0.0121. The third kappa shape index (κ3) is 4.98. The third-order valence-corrected chi connectivity index (χ3v) is 4.70. The van der Waals surface area contributed by atoms with Crippen LogP contribution in [0.15, 0.2) is 53.3 Å². The van der Waals surface area contributed by atoms with Crippen molar-refractivity contribution in [3.05, 3.63) is 66.1 Å². The van der Waals surface area contributed by atoms with Crippen LogP contribution >= 0.6 is 11.6 Å². The van der Waals surface area contributed by atoms with Gasteiger partial charge in [0.1, 0.15) is 17.7 Å². The number of pyridine rings is 1. The Labute approximate surface area is 161 Å². The lowest BCUT2D eigenvalue weighted by atomic mass is 10.1. The van der Waals surface area contributed by atoms with Crippen molar-refractivity contribution in [1.29, 1.82) is 0 Å². The molecule has 0 saturated heterocycles. The fourth-order valence-corrected chi connectivity index (χ4v) is 2.70. The molecule has 3 rings (SSSR count). The fraction of sp³-hybridized carbons (Fsp3) is 0.300. The largest absolute Gasteiger partial charge is 0.337 e. The summed E-state index contributed by atoms with van der Waals surface area (Å²) in [5.74, 6) is 0.596. The molecule has 2 aromatic heterocycles. The molecule has 0 aliphatic heterocycles. The summed E-state index contributed by atoms with van der Waals surface area (Å²) in [5, 5.41) is 3.68. The van der Waals surface area contributed by atoms with Gasteiger partial charge in [0.2, 0.25) is 11.7 Å². The Kier molecular flexibility index (Phi) is 6.29. The van der Waals surface area contributed by atoms with E-state index in [0.717, 1.165) is 5.56 Å². The topological polar surface area (TPSA) is 59.9 Å². The molecule has 3 aromatic rings. The SMILES string of the molecule is CCC(Cl)c1nc(-c2cc[n+](CCCC(=O)c3ccc(F)cc3)cc2)no1. The van der Waals surface area contributed by atoms with Crippen LogP contribution in [0, 0.1) is 5.82 Å². The molecular formula is C20H20ClFN3O2+. The molecule has 1 aromatic carbocycles. The van der Waals surface area contributed by atoms with E-state index in [4.69, 9.17) is 16.1 Å². The number of aryl methyl sites for hydroxylation is 1. The Morgan fingerprint density at radius 2 is 1.93 bits per heavy atom. The van der Waals surface area contributed by atoms with Gasteiger partial charge in [-0.05, 0) is 30.7 Å². The molecule has 0 bridgehead atoms. The Morgan fingerprint density at radius 3 is 2.59 bits per heavy atom. The molecule has 0 N–H and O–H groups in total. The van der Waals surface area contributed by atoms with Crippen molar-refractivity contribution < 1.29 is 18.3 Å². The molecule has 1 atom stereocenters. The molecule has 0 aliphatic rings. The first-order valence-electron chi connectivity index (χ1n) is 8.82. The molecule has 0 saturated carbocycles. The second-order valence-corrected chi connectivity index (χ2v) is 6.72. The summed E-state index contributed by atoms with van der Waals surface area (Å²) in [4.78, 5) is 16.4. The molecule has 7 heteroatoms. The van der Waals surface area contributed by atoms with Gasteiger partial charge in [-0.1, -0.05) is 12.1 Å². The average molecular weight is 389 g/mol. The highest BCUT2D eigenvalue weighted by molar-refractivity contribution is 6.20. The Morgan fingerprint density at radius 1 is 1.22 bits per heavy atom. The zero-order valence-corrected chi connectivity index (χ0v) is 15.7. The Bertz CT molecular complexity index is 894. The van der Waals surface area contributed by atoms with E-state index in [-0.39, 0.29) is 17.0 Å². The first-order valence-corrected chi connectivity index (χ1v) is 9.26. The summed E-state index contributed by atoms with van der Waals surface area (Å²) in [7, 11) is 0. The van der Waals surface area contributed by atoms with Crippen LogP contribution in [0.1, 0.15) is 47.8 Å². The Balaban J connectivity index is 1.54. The molecule has 5 nitrogen and oxygen atoms in total. The van der Waals surface area contributed by atoms with E-state index < -0.39 is 0 Å². The highest BCUT2D eigenvalue weighted by atomic mass is 35.5. The van der Waals surface area contributed by atoms with Gasteiger partial charge in [-0.15, -0.1) is 11.6 Å². The smallest absolute Gasteiger partial charge is 0.245 e. The first-order chi connectivity index (χ1) is 13.1. The summed E-state index contributed by atoms with van der Waals surface area (Å²) >= 11 is 6.10. The van der Waals surface area contributed by atoms with Gasteiger partial charge in [0.25, 0.3) is 0 Å². The lowest BCUT2D eigenvalue weighted by Crippen LogP contribution is -2.32. The van der Waals surface area contributed by atoms with E-state index in [1.165, 1.54) is 24.3 Å². The number of hydrogen-bond acceptors (Lipinski definition) is 4. The number of hydrogen-bond donors (Lipinski definition) is 0. The van der Waals surface area contributed by atoms with Crippen LogP contribution in [-0.2, 0) is 6.54 Å². The second kappa shape index (κ2) is 8.86. The molecule has 0 radical (unpaired) electrons. The van der Waals surface area contributed by atoms with Crippen LogP contribution in [0.25, 0.3) is 11.4 Å². The maximum absolute atomic E-state index is 12.9. The number of carbonyl (C=O) groups excluding carboxylic acids is 1. The van der Waals surface area contributed by atoms with E-state index in [1.807, 2.05) is 36.0 Å². The van der Waals surface area contributed by atoms with E-state index in [0.29, 0.717) is 43.1 Å². The van der Waals surface area contributed by atoms with Crippen molar-refractivity contribution in [2.75, 3.05) is 0 Å². The van der Waals surface area contributed by atoms with Crippen molar-refractivity contribution in [3.63, 3.8) is 0 Å². The lowest BCUT2D eigenvalue weighted by Gasteiger charge is -2.00. The molecular weight excluding hydrogens is 369 g/mol. The number of nitrogens with zero attached hydrogens (tertiary/aromatic N) is 3. The van der Waals surface area contributed by atoms with Gasteiger partial charge in [-0.25, -0.2) is 8.96 Å². The first kappa shape index (κ1) is 19.2. The van der Waals surface area contributed by atoms with Gasteiger partial charge in [0, 0.05) is 36.1 Å². The Hall–Kier alpha value is -2.60. The van der Waals surface area contributed by atoms with Gasteiger partial charge in [0.15, 0.2) is 18.2 Å². The number of carbonyl (C=O) groups is 1. The molecule has 140 valence electrons. The summed E-state index contributed by atoms with van der Waals surface area (Å²) in [6, 6.07) is 9.43. The van der Waals surface area contributed by atoms with Crippen LogP contribution in [0.2, 0.25) is 0 Å². The van der Waals surface area contributed by atoms with Crippen LogP contribution < -0.4 is 4.57 Å². The van der Waals surface area contributed by atoms with Crippen molar-refractivity contribution in [2.24, 2.45) is 0 Å². The summed E-state index contributed by atoms with van der Waals surface area (Å²) in [6.45, 7) is 2.65. The predicted molar refractivity (Wildman–Crippen MR) is 98.8 cm³/mol. The van der Waals surface area contributed by atoms with Crippen LogP contribution in [-0.4, -0.2) is 15.9 Å². The predicted octanol–water partition coefficient (Wildman–Crippen LogP) is 4.52. The number of halogens is 2. The van der Waals surface area contributed by atoms with Gasteiger partial charge >= 0.3 is 0 Å². The normalized spacial score (nSPS) is 12.1. The minimum atomic E-state index is -0.341. The molecule has 27 heavy (non-hydrogen) atoms. The molecule has 0 aliphatic carbocycles. The molecule has 0 fully saturated rings. The van der Waals surface area contributed by atoms with Crippen molar-refractivity contribution in [2.45, 2.75) is 38.1 Å². The number of aromatic nitrogens is 3. The fourth-order valence-electron chi connectivity index (χ4n) is 2.61. The standard InChI is InChI=1S/C20H20ClFN3O2/c1-2-17(21)20-23-19(24-27-20)15-9-12-25(13-10-15)11-3-4-18(26)14-5-7-16(22)8-6-14/h5-10,12-13,17H,2-4,11H2,1H3/q+1. The van der Waals surface area contributed by atoms with Gasteiger partial charge in [-0.3, -0.25) is 4.79 Å². The number of rotatable bonds is 8. The number of Topliss-reactive ketones (excluding diaryl/α,β-unsaturated/α-hetero) is 1. The highest BCUT2D eigenvalue weighted by Crippen LogP contribution is 2.24. The van der Waals surface area contributed by atoms with Gasteiger partial charge in [-0.2, -0.15) is 4.98 Å². The highest BCUT2D eigenvalue weighted by Gasteiger charge is 2.16. The minimum Gasteiger partial charge on any atom is -0.337 e. The zero-order valence-electron chi connectivity index (χ0n) is 14.9. The van der Waals surface area contributed by atoms with E-state index in [2.05, 4.69) is 10.1 Å². The monoisotopic (exact) mass is 388 g/mol. The zero-order chi connectivity index (χ0) is 19.2. The maximum Gasteiger partial charge on any atom is 0.245 e. The molecule has 1 unspecified atom stereocenters. The number of benzene rings is 1. The summed E-state index contributed by atoms with van der Waals surface area (Å²) < 4.78 is 20.1. The second-order valence-electron chi connectivity index (χ2n) is 6.19. The molecule has 0 amide bonds. The van der Waals surface area contributed by atoms with Crippen molar-refractivity contribution in [1.82, 2.24) is 10.1 Å². The summed E-state index contributed by atoms with van der Waals surface area (Å²) in [5.41, 5.74) is 1.37. The third-order valence-electron chi connectivity index (χ3n) is 4.20.